The van der Waals surface area contributed by atoms with Gasteiger partial charge in [0, 0.05) is 22.9 Å². The molecule has 2 aromatic carbocycles. The van der Waals surface area contributed by atoms with Crippen molar-refractivity contribution in [1.82, 2.24) is 0 Å². The van der Waals surface area contributed by atoms with Crippen LogP contribution in [0.15, 0.2) is 58.8 Å². The summed E-state index contributed by atoms with van der Waals surface area (Å²) in [7, 11) is 0. The summed E-state index contributed by atoms with van der Waals surface area (Å²) in [5.41, 5.74) is 1.15. The molecule has 0 fully saturated rings. The topological polar surface area (TPSA) is 74.4 Å². The van der Waals surface area contributed by atoms with Gasteiger partial charge in [-0.15, -0.1) is 0 Å². The van der Waals surface area contributed by atoms with Gasteiger partial charge in [-0.3, -0.25) is 0 Å². The van der Waals surface area contributed by atoms with Crippen LogP contribution in [0, 0.1) is 0 Å². The van der Waals surface area contributed by atoms with E-state index in [4.69, 9.17) is 25.9 Å². The van der Waals surface area contributed by atoms with Crippen molar-refractivity contribution in [2.24, 2.45) is 10.2 Å². The zero-order valence-corrected chi connectivity index (χ0v) is 12.5. The van der Waals surface area contributed by atoms with Crippen molar-refractivity contribution in [3.63, 3.8) is 0 Å². The maximum absolute atomic E-state index is 9.09. The maximum atomic E-state index is 9.09. The summed E-state index contributed by atoms with van der Waals surface area (Å²) >= 11 is 10.2. The Kier molecular flexibility index (Phi) is 4.86. The molecule has 0 saturated heterocycles. The number of rotatable bonds is 4. The third-order valence-corrected chi connectivity index (χ3v) is 3.07. The van der Waals surface area contributed by atoms with Crippen LogP contribution in [0.3, 0.4) is 0 Å². The van der Waals surface area contributed by atoms with Crippen LogP contribution in [0.4, 0.5) is 11.4 Å². The average Bonchev–Trinajstić information content (AvgIpc) is 2.36. The van der Waals surface area contributed by atoms with Crippen LogP contribution in [-0.2, 0) is 11.8 Å². The van der Waals surface area contributed by atoms with Gasteiger partial charge in [-0.1, -0.05) is 17.7 Å². The predicted octanol–water partition coefficient (Wildman–Crippen LogP) is 4.34. The largest absolute Gasteiger partial charge is 0.424 e. The van der Waals surface area contributed by atoms with E-state index in [1.54, 1.807) is 42.5 Å². The molecule has 0 radical (unpaired) electrons. The monoisotopic (exact) mass is 328 g/mol. The molecule has 2 aromatic rings. The Balaban J connectivity index is 2.15. The van der Waals surface area contributed by atoms with Crippen LogP contribution in [-0.4, -0.2) is 9.79 Å². The van der Waals surface area contributed by atoms with E-state index in [9.17, 15) is 0 Å². The Morgan fingerprint density at radius 3 is 2.30 bits per heavy atom. The van der Waals surface area contributed by atoms with Gasteiger partial charge < -0.3 is 14.3 Å². The molecule has 0 aromatic heterocycles. The minimum Gasteiger partial charge on any atom is -0.424 e. The molecule has 0 aliphatic rings. The highest BCUT2D eigenvalue weighted by Gasteiger charge is 2.09. The molecule has 5 nitrogen and oxygen atoms in total. The van der Waals surface area contributed by atoms with Gasteiger partial charge in [-0.2, -0.15) is 10.2 Å². The number of hydrogen-bond acceptors (Lipinski definition) is 4. The van der Waals surface area contributed by atoms with Gasteiger partial charge in [0.25, 0.3) is 0 Å². The van der Waals surface area contributed by atoms with Crippen molar-refractivity contribution >= 4 is 41.5 Å². The van der Waals surface area contributed by atoms with Gasteiger partial charge in [-0.25, -0.2) is 0 Å². The van der Waals surface area contributed by atoms with Crippen molar-refractivity contribution in [1.29, 1.82) is 0 Å². The molecule has 0 atom stereocenters. The summed E-state index contributed by atoms with van der Waals surface area (Å²) in [6, 6.07) is 13.3. The molecule has 8 heteroatoms. The molecule has 0 aliphatic carbocycles. The fraction of sp³-hybridized carbons (Fsp3) is 0. The number of nitrogens with zero attached hydrogens (tertiary/aromatic N) is 2. The zero-order chi connectivity index (χ0) is 14.6. The third-order valence-electron chi connectivity index (χ3n) is 2.15. The molecule has 0 saturated carbocycles. The molecule has 0 unspecified atom stereocenters. The van der Waals surface area contributed by atoms with Gasteiger partial charge in [-0.05, 0) is 36.4 Å². The van der Waals surface area contributed by atoms with E-state index in [0.29, 0.717) is 16.4 Å². The predicted molar refractivity (Wildman–Crippen MR) is 81.4 cm³/mol. The van der Waals surface area contributed by atoms with E-state index >= 15 is 0 Å². The molecular formula is C12H10ClN2O3PS. The lowest BCUT2D eigenvalue weighted by Gasteiger charge is -2.09. The molecule has 20 heavy (non-hydrogen) atoms. The molecule has 0 amide bonds. The van der Waals surface area contributed by atoms with Crippen LogP contribution in [0.2, 0.25) is 5.02 Å². The molecule has 2 N–H and O–H groups in total. The van der Waals surface area contributed by atoms with E-state index in [1.165, 1.54) is 6.07 Å². The second-order valence-corrected chi connectivity index (χ2v) is 6.78. The summed E-state index contributed by atoms with van der Waals surface area (Å²) < 4.78 is 4.83. The van der Waals surface area contributed by atoms with E-state index in [1.807, 2.05) is 0 Å². The molecular weight excluding hydrogens is 319 g/mol. The third kappa shape index (κ3) is 5.00. The molecule has 0 heterocycles. The smallest absolute Gasteiger partial charge is 0.375 e. The van der Waals surface area contributed by atoms with Crippen LogP contribution in [0.1, 0.15) is 0 Å². The minimum absolute atomic E-state index is 0.228. The van der Waals surface area contributed by atoms with Crippen LogP contribution >= 0.6 is 18.3 Å². The number of halogens is 1. The van der Waals surface area contributed by atoms with Gasteiger partial charge >= 0.3 is 6.72 Å². The summed E-state index contributed by atoms with van der Waals surface area (Å²) in [5.74, 6) is 0.228. The minimum atomic E-state index is -3.74. The molecule has 104 valence electrons. The van der Waals surface area contributed by atoms with Gasteiger partial charge in [0.15, 0.2) is 0 Å². The first-order valence-electron chi connectivity index (χ1n) is 5.45. The molecule has 0 spiro atoms. The second kappa shape index (κ2) is 6.43. The fourth-order valence-corrected chi connectivity index (χ4v) is 2.14. The summed E-state index contributed by atoms with van der Waals surface area (Å²) in [6.07, 6.45) is 0. The van der Waals surface area contributed by atoms with Crippen molar-refractivity contribution in [3.05, 3.63) is 53.6 Å². The number of benzene rings is 2. The molecule has 0 aliphatic heterocycles. The first kappa shape index (κ1) is 15.1. The van der Waals surface area contributed by atoms with E-state index < -0.39 is 6.72 Å². The lowest BCUT2D eigenvalue weighted by atomic mass is 10.3. The van der Waals surface area contributed by atoms with E-state index in [-0.39, 0.29) is 5.75 Å². The summed E-state index contributed by atoms with van der Waals surface area (Å²) in [6.45, 7) is -3.74. The first-order valence-corrected chi connectivity index (χ1v) is 8.45. The zero-order valence-electron chi connectivity index (χ0n) is 10.0. The standard InChI is InChI=1S/C12H10ClN2O3PS/c13-9-4-6-10(7-5-9)14-15-11-2-1-3-12(8-11)18-19(16,17)20/h1-8H,(H2,16,17,20). The van der Waals surface area contributed by atoms with Crippen molar-refractivity contribution in [3.8, 4) is 5.75 Å². The van der Waals surface area contributed by atoms with Gasteiger partial charge in [0.05, 0.1) is 11.4 Å². The quantitative estimate of drug-likeness (QED) is 0.646. The Bertz CT molecular complexity index is 673. The second-order valence-electron chi connectivity index (χ2n) is 3.76. The van der Waals surface area contributed by atoms with E-state index in [0.717, 1.165) is 0 Å². The van der Waals surface area contributed by atoms with Gasteiger partial charge in [0.1, 0.15) is 5.75 Å². The number of hydrogen-bond donors (Lipinski definition) is 2. The lowest BCUT2D eigenvalue weighted by molar-refractivity contribution is 0.370. The fourth-order valence-electron chi connectivity index (χ4n) is 1.36. The molecule has 2 rings (SSSR count). The van der Waals surface area contributed by atoms with Gasteiger partial charge in [0.2, 0.25) is 0 Å². The SMILES string of the molecule is OP(O)(=S)Oc1cccc(N=Nc2ccc(Cl)cc2)c1. The Hall–Kier alpha value is -1.30. The summed E-state index contributed by atoms with van der Waals surface area (Å²) in [4.78, 5) is 18.2. The highest BCUT2D eigenvalue weighted by Crippen LogP contribution is 2.38. The highest BCUT2D eigenvalue weighted by molar-refractivity contribution is 8.06. The van der Waals surface area contributed by atoms with Crippen molar-refractivity contribution in [2.45, 2.75) is 0 Å². The Labute approximate surface area is 125 Å². The normalized spacial score (nSPS) is 11.8. The Morgan fingerprint density at radius 1 is 1.00 bits per heavy atom. The van der Waals surface area contributed by atoms with E-state index in [2.05, 4.69) is 22.0 Å². The van der Waals surface area contributed by atoms with Crippen LogP contribution in [0.25, 0.3) is 0 Å². The average molecular weight is 329 g/mol. The van der Waals surface area contributed by atoms with Crippen LogP contribution < -0.4 is 4.52 Å². The molecule has 0 bridgehead atoms. The number of azo groups is 1. The van der Waals surface area contributed by atoms with Crippen molar-refractivity contribution in [2.75, 3.05) is 0 Å². The maximum Gasteiger partial charge on any atom is 0.375 e. The lowest BCUT2D eigenvalue weighted by Crippen LogP contribution is -1.88. The Morgan fingerprint density at radius 2 is 1.65 bits per heavy atom. The summed E-state index contributed by atoms with van der Waals surface area (Å²) in [5, 5.41) is 8.66. The van der Waals surface area contributed by atoms with Crippen LogP contribution in [0.5, 0.6) is 5.75 Å². The first-order chi connectivity index (χ1) is 9.42. The highest BCUT2D eigenvalue weighted by atomic mass is 35.5. The van der Waals surface area contributed by atoms with Crippen molar-refractivity contribution < 1.29 is 14.3 Å².